The Labute approximate surface area is 113 Å². The number of carbonyl (C=O) groups excluding carboxylic acids is 1. The predicted molar refractivity (Wildman–Crippen MR) is 73.6 cm³/mol. The van der Waals surface area contributed by atoms with E-state index < -0.39 is 0 Å². The van der Waals surface area contributed by atoms with Crippen LogP contribution in [0.3, 0.4) is 0 Å². The van der Waals surface area contributed by atoms with Gasteiger partial charge in [0.25, 0.3) is 5.91 Å². The van der Waals surface area contributed by atoms with E-state index >= 15 is 0 Å². The summed E-state index contributed by atoms with van der Waals surface area (Å²) in [5.74, 6) is 1.00. The van der Waals surface area contributed by atoms with Crippen molar-refractivity contribution in [2.24, 2.45) is 0 Å². The zero-order chi connectivity index (χ0) is 13.8. The fraction of sp³-hybridized carbons (Fsp3) is 0.333. The Morgan fingerprint density at radius 3 is 2.47 bits per heavy atom. The Morgan fingerprint density at radius 2 is 1.95 bits per heavy atom. The van der Waals surface area contributed by atoms with Crippen LogP contribution in [0.15, 0.2) is 36.5 Å². The molecular weight excluding hydrogens is 240 g/mol. The molecule has 0 bridgehead atoms. The van der Waals surface area contributed by atoms with Gasteiger partial charge in [-0.3, -0.25) is 4.79 Å². The van der Waals surface area contributed by atoms with Gasteiger partial charge in [-0.1, -0.05) is 26.0 Å². The quantitative estimate of drug-likeness (QED) is 0.846. The van der Waals surface area contributed by atoms with Crippen molar-refractivity contribution in [2.75, 3.05) is 6.61 Å². The highest BCUT2D eigenvalue weighted by molar-refractivity contribution is 5.79. The van der Waals surface area contributed by atoms with Crippen LogP contribution in [0.25, 0.3) is 0 Å². The van der Waals surface area contributed by atoms with Gasteiger partial charge in [0.2, 0.25) is 0 Å². The standard InChI is InChI=1S/C15H18N2O2/c1-11(2)13-4-6-14(7-5-13)19-10-15(18)17-9-8-12(3)16-17/h4-9,11H,10H2,1-3H3. The summed E-state index contributed by atoms with van der Waals surface area (Å²) < 4.78 is 6.76. The van der Waals surface area contributed by atoms with Crippen LogP contribution in [0, 0.1) is 6.92 Å². The molecule has 0 amide bonds. The van der Waals surface area contributed by atoms with E-state index in [-0.39, 0.29) is 12.5 Å². The number of rotatable bonds is 4. The zero-order valence-electron chi connectivity index (χ0n) is 11.5. The van der Waals surface area contributed by atoms with Gasteiger partial charge in [-0.15, -0.1) is 0 Å². The van der Waals surface area contributed by atoms with E-state index in [0.29, 0.717) is 11.7 Å². The van der Waals surface area contributed by atoms with E-state index in [4.69, 9.17) is 4.74 Å². The van der Waals surface area contributed by atoms with Crippen LogP contribution in [0.4, 0.5) is 0 Å². The second-order valence-corrected chi connectivity index (χ2v) is 4.81. The van der Waals surface area contributed by atoms with Crippen molar-refractivity contribution in [1.82, 2.24) is 9.78 Å². The minimum Gasteiger partial charge on any atom is -0.484 e. The van der Waals surface area contributed by atoms with Gasteiger partial charge in [-0.05, 0) is 36.6 Å². The highest BCUT2D eigenvalue weighted by Gasteiger charge is 2.07. The fourth-order valence-electron chi connectivity index (χ4n) is 1.71. The number of hydrogen-bond donors (Lipinski definition) is 0. The van der Waals surface area contributed by atoms with Gasteiger partial charge < -0.3 is 4.74 Å². The molecule has 2 rings (SSSR count). The molecular formula is C15H18N2O2. The number of hydrogen-bond acceptors (Lipinski definition) is 3. The molecule has 0 unspecified atom stereocenters. The van der Waals surface area contributed by atoms with E-state index in [0.717, 1.165) is 5.69 Å². The lowest BCUT2D eigenvalue weighted by atomic mass is 10.0. The van der Waals surface area contributed by atoms with Crippen molar-refractivity contribution < 1.29 is 9.53 Å². The molecule has 0 aliphatic heterocycles. The molecule has 2 aromatic rings. The molecule has 0 spiro atoms. The molecule has 0 saturated carbocycles. The van der Waals surface area contributed by atoms with Crippen LogP contribution in [0.5, 0.6) is 5.75 Å². The first-order chi connectivity index (χ1) is 9.06. The number of aryl methyl sites for hydroxylation is 1. The normalized spacial score (nSPS) is 10.7. The maximum atomic E-state index is 11.8. The van der Waals surface area contributed by atoms with Crippen LogP contribution >= 0.6 is 0 Å². The largest absolute Gasteiger partial charge is 0.484 e. The van der Waals surface area contributed by atoms with E-state index in [1.807, 2.05) is 31.2 Å². The van der Waals surface area contributed by atoms with Crippen molar-refractivity contribution in [3.63, 3.8) is 0 Å². The van der Waals surface area contributed by atoms with Gasteiger partial charge in [0.1, 0.15) is 5.75 Å². The average molecular weight is 258 g/mol. The predicted octanol–water partition coefficient (Wildman–Crippen LogP) is 3.03. The van der Waals surface area contributed by atoms with Gasteiger partial charge in [0, 0.05) is 6.20 Å². The Kier molecular flexibility index (Phi) is 4.00. The van der Waals surface area contributed by atoms with Crippen molar-refractivity contribution >= 4 is 5.91 Å². The van der Waals surface area contributed by atoms with Crippen LogP contribution in [0.1, 0.15) is 35.8 Å². The molecule has 0 N–H and O–H groups in total. The number of carbonyl (C=O) groups is 1. The molecule has 0 aliphatic rings. The van der Waals surface area contributed by atoms with Crippen molar-refractivity contribution in [1.29, 1.82) is 0 Å². The van der Waals surface area contributed by atoms with Crippen LogP contribution < -0.4 is 4.74 Å². The monoisotopic (exact) mass is 258 g/mol. The second kappa shape index (κ2) is 5.69. The highest BCUT2D eigenvalue weighted by Crippen LogP contribution is 2.18. The minimum absolute atomic E-state index is 0.0118. The highest BCUT2D eigenvalue weighted by atomic mass is 16.5. The average Bonchev–Trinajstić information content (AvgIpc) is 2.83. The van der Waals surface area contributed by atoms with Gasteiger partial charge in [-0.2, -0.15) is 5.10 Å². The van der Waals surface area contributed by atoms with E-state index in [9.17, 15) is 4.79 Å². The van der Waals surface area contributed by atoms with Crippen molar-refractivity contribution in [2.45, 2.75) is 26.7 Å². The van der Waals surface area contributed by atoms with Crippen molar-refractivity contribution in [3.05, 3.63) is 47.8 Å². The Morgan fingerprint density at radius 1 is 1.26 bits per heavy atom. The summed E-state index contributed by atoms with van der Waals surface area (Å²) in [6.07, 6.45) is 1.64. The summed E-state index contributed by atoms with van der Waals surface area (Å²) in [4.78, 5) is 11.8. The van der Waals surface area contributed by atoms with Crippen LogP contribution in [-0.4, -0.2) is 22.3 Å². The molecule has 0 fully saturated rings. The summed E-state index contributed by atoms with van der Waals surface area (Å²) in [5, 5.41) is 4.05. The molecule has 100 valence electrons. The fourth-order valence-corrected chi connectivity index (χ4v) is 1.71. The molecule has 0 saturated heterocycles. The first-order valence-electron chi connectivity index (χ1n) is 6.34. The maximum absolute atomic E-state index is 11.8. The minimum atomic E-state index is -0.180. The number of aromatic nitrogens is 2. The van der Waals surface area contributed by atoms with Crippen molar-refractivity contribution in [3.8, 4) is 5.75 Å². The van der Waals surface area contributed by atoms with Gasteiger partial charge >= 0.3 is 0 Å². The van der Waals surface area contributed by atoms with Crippen LogP contribution in [0.2, 0.25) is 0 Å². The Balaban J connectivity index is 1.93. The third-order valence-corrected chi connectivity index (χ3v) is 2.89. The van der Waals surface area contributed by atoms with E-state index in [1.165, 1.54) is 10.2 Å². The summed E-state index contributed by atoms with van der Waals surface area (Å²) in [6.45, 7) is 6.11. The Hall–Kier alpha value is -2.10. The van der Waals surface area contributed by atoms with Gasteiger partial charge in [0.05, 0.1) is 5.69 Å². The third kappa shape index (κ3) is 3.44. The molecule has 0 atom stereocenters. The lowest BCUT2D eigenvalue weighted by Gasteiger charge is -2.08. The summed E-state index contributed by atoms with van der Waals surface area (Å²) in [7, 11) is 0. The Bertz CT molecular complexity index is 556. The van der Waals surface area contributed by atoms with E-state index in [2.05, 4.69) is 18.9 Å². The SMILES string of the molecule is Cc1ccn(C(=O)COc2ccc(C(C)C)cc2)n1. The molecule has 0 radical (unpaired) electrons. The number of ether oxygens (including phenoxy) is 1. The molecule has 4 nitrogen and oxygen atoms in total. The second-order valence-electron chi connectivity index (χ2n) is 4.81. The molecule has 1 aromatic carbocycles. The molecule has 0 aliphatic carbocycles. The molecule has 1 aromatic heterocycles. The number of benzene rings is 1. The maximum Gasteiger partial charge on any atom is 0.284 e. The topological polar surface area (TPSA) is 44.1 Å². The zero-order valence-corrected chi connectivity index (χ0v) is 11.5. The summed E-state index contributed by atoms with van der Waals surface area (Å²) in [6, 6.07) is 9.59. The lowest BCUT2D eigenvalue weighted by Crippen LogP contribution is -2.19. The molecule has 1 heterocycles. The first-order valence-corrected chi connectivity index (χ1v) is 6.34. The van der Waals surface area contributed by atoms with Gasteiger partial charge in [0.15, 0.2) is 6.61 Å². The summed E-state index contributed by atoms with van der Waals surface area (Å²) >= 11 is 0. The van der Waals surface area contributed by atoms with Crippen LogP contribution in [-0.2, 0) is 0 Å². The third-order valence-electron chi connectivity index (χ3n) is 2.89. The molecule has 19 heavy (non-hydrogen) atoms. The van der Waals surface area contributed by atoms with E-state index in [1.54, 1.807) is 12.3 Å². The molecule has 4 heteroatoms. The number of nitrogens with zero attached hydrogens (tertiary/aromatic N) is 2. The summed E-state index contributed by atoms with van der Waals surface area (Å²) in [5.41, 5.74) is 2.07. The van der Waals surface area contributed by atoms with Gasteiger partial charge in [-0.25, -0.2) is 4.68 Å². The first kappa shape index (κ1) is 13.3. The lowest BCUT2D eigenvalue weighted by molar-refractivity contribution is 0.0820. The smallest absolute Gasteiger partial charge is 0.284 e.